The Bertz CT molecular complexity index is 1620. The summed E-state index contributed by atoms with van der Waals surface area (Å²) in [5, 5.41) is 4.24. The van der Waals surface area contributed by atoms with Gasteiger partial charge in [0.25, 0.3) is 6.47 Å². The Morgan fingerprint density at radius 2 is 1.77 bits per heavy atom. The number of hydrogen-bond donors (Lipinski definition) is 1. The lowest BCUT2D eigenvalue weighted by molar-refractivity contribution is -0.221. The van der Waals surface area contributed by atoms with Gasteiger partial charge in [-0.2, -0.15) is 0 Å². The third-order valence-corrected chi connectivity index (χ3v) is 19.7. The van der Waals surface area contributed by atoms with Crippen LogP contribution in [0.25, 0.3) is 0 Å². The molecule has 0 spiro atoms. The quantitative estimate of drug-likeness (QED) is 0.187. The number of sulfone groups is 1. The van der Waals surface area contributed by atoms with E-state index in [1.165, 1.54) is 68.1 Å². The molecule has 0 bridgehead atoms. The third kappa shape index (κ3) is 6.37. The van der Waals surface area contributed by atoms with Crippen LogP contribution in [0.5, 0.6) is 0 Å². The van der Waals surface area contributed by atoms with Crippen molar-refractivity contribution in [2.75, 3.05) is 44.4 Å². The minimum Gasteiger partial charge on any atom is -0.458 e. The summed E-state index contributed by atoms with van der Waals surface area (Å²) in [4.78, 5) is 13.6. The molecule has 298 valence electrons. The summed E-state index contributed by atoms with van der Waals surface area (Å²) in [6.07, 6.45) is 17.7. The molecule has 1 N–H and O–H groups in total. The highest BCUT2D eigenvalue weighted by atomic mass is 32.2. The van der Waals surface area contributed by atoms with E-state index in [-0.39, 0.29) is 38.9 Å². The zero-order valence-electron chi connectivity index (χ0n) is 34.2. The van der Waals surface area contributed by atoms with Crippen molar-refractivity contribution in [3.05, 3.63) is 35.5 Å². The Hall–Kier alpha value is -1.51. The zero-order chi connectivity index (χ0) is 38.2. The Kier molecular flexibility index (Phi) is 10.4. The van der Waals surface area contributed by atoms with E-state index >= 15 is 0 Å². The summed E-state index contributed by atoms with van der Waals surface area (Å²) in [6.45, 7) is 25.2. The highest BCUT2D eigenvalue weighted by molar-refractivity contribution is 7.91. The fourth-order valence-electron chi connectivity index (χ4n) is 15.1. The van der Waals surface area contributed by atoms with Gasteiger partial charge in [-0.1, -0.05) is 65.8 Å². The predicted octanol–water partition coefficient (Wildman–Crippen LogP) is 8.88. The molecule has 0 aromatic heterocycles. The van der Waals surface area contributed by atoms with Gasteiger partial charge in [-0.25, -0.2) is 12.8 Å². The molecule has 1 saturated heterocycles. The number of nitrogens with one attached hydrogen (secondary N) is 1. The van der Waals surface area contributed by atoms with Gasteiger partial charge in [0, 0.05) is 38.1 Å². The van der Waals surface area contributed by atoms with Crippen molar-refractivity contribution in [2.45, 2.75) is 137 Å². The van der Waals surface area contributed by atoms with Gasteiger partial charge < -0.3 is 15.0 Å². The average Bonchev–Trinajstić information content (AvgIpc) is 3.41. The molecule has 0 aromatic carbocycles. The van der Waals surface area contributed by atoms with Gasteiger partial charge in [-0.05, 0) is 146 Å². The maximum atomic E-state index is 14.0. The molecule has 5 fully saturated rings. The molecule has 53 heavy (non-hydrogen) atoms. The van der Waals surface area contributed by atoms with E-state index < -0.39 is 22.1 Å². The second-order valence-electron chi connectivity index (χ2n) is 20.8. The first kappa shape index (κ1) is 39.7. The van der Waals surface area contributed by atoms with Crippen LogP contribution in [0.2, 0.25) is 0 Å². The lowest BCUT2D eigenvalue weighted by atomic mass is 9.33. The second kappa shape index (κ2) is 13.9. The molecule has 6 aliphatic carbocycles. The number of hydrogen-bond acceptors (Lipinski definition) is 6. The molecular formula is C45H71FN2O4S. The van der Waals surface area contributed by atoms with Crippen molar-refractivity contribution in [2.24, 2.45) is 57.2 Å². The van der Waals surface area contributed by atoms with E-state index in [4.69, 9.17) is 4.74 Å². The van der Waals surface area contributed by atoms with E-state index in [2.05, 4.69) is 77.4 Å². The van der Waals surface area contributed by atoms with Crippen molar-refractivity contribution < 1.29 is 22.3 Å². The Morgan fingerprint density at radius 1 is 1.00 bits per heavy atom. The summed E-state index contributed by atoms with van der Waals surface area (Å²) in [5.74, 6) is 3.85. The molecule has 0 radical (unpaired) electrons. The molecule has 0 amide bonds. The maximum Gasteiger partial charge on any atom is 0.293 e. The molecule has 4 saturated carbocycles. The van der Waals surface area contributed by atoms with Crippen molar-refractivity contribution in [1.29, 1.82) is 0 Å². The fourth-order valence-corrected chi connectivity index (χ4v) is 16.8. The highest BCUT2D eigenvalue weighted by Gasteiger charge is 2.70. The first-order valence-corrected chi connectivity index (χ1v) is 23.1. The molecule has 7 rings (SSSR count). The zero-order valence-corrected chi connectivity index (χ0v) is 35.0. The number of ether oxygens (including phenoxy) is 1. The van der Waals surface area contributed by atoms with E-state index in [9.17, 15) is 17.6 Å². The minimum atomic E-state index is -2.95. The van der Waals surface area contributed by atoms with E-state index in [0.29, 0.717) is 61.2 Å². The monoisotopic (exact) mass is 755 g/mol. The van der Waals surface area contributed by atoms with E-state index in [0.717, 1.165) is 32.5 Å². The number of carbonyl (C=O) groups excluding carboxylic acids is 1. The van der Waals surface area contributed by atoms with Crippen molar-refractivity contribution >= 4 is 16.3 Å². The molecule has 1 heterocycles. The molecular weight excluding hydrogens is 684 g/mol. The molecule has 6 nitrogen and oxygen atoms in total. The van der Waals surface area contributed by atoms with Gasteiger partial charge in [-0.3, -0.25) is 4.79 Å². The number of halogens is 1. The molecule has 11 atom stereocenters. The molecule has 1 aliphatic heterocycles. The highest BCUT2D eigenvalue weighted by Crippen LogP contribution is 2.76. The number of allylic oxidation sites excluding steroid dienone is 4. The molecule has 7 aliphatic rings. The Labute approximate surface area is 321 Å². The summed E-state index contributed by atoms with van der Waals surface area (Å²) in [7, 11) is -2.95. The Balaban J connectivity index is 1.12. The van der Waals surface area contributed by atoms with Crippen molar-refractivity contribution in [3.63, 3.8) is 0 Å². The first-order valence-electron chi connectivity index (χ1n) is 21.3. The number of nitrogens with zero attached hydrogens (tertiary/aromatic N) is 1. The minimum absolute atomic E-state index is 0.0244. The van der Waals surface area contributed by atoms with Gasteiger partial charge >= 0.3 is 0 Å². The van der Waals surface area contributed by atoms with Gasteiger partial charge in [0.05, 0.1) is 11.5 Å². The third-order valence-electron chi connectivity index (χ3n) is 17.8. The van der Waals surface area contributed by atoms with E-state index in [1.54, 1.807) is 0 Å². The largest absolute Gasteiger partial charge is 0.458 e. The standard InChI is InChI=1S/C45H71FN2O4S/c1-31(2)34-13-20-45(47-23-24-48-25-26-53(50,51)28-32(3)27-48)22-21-42(7)36(39(34)45)9-10-38-41(6)16-14-35(40(4,5)37(41)15-17-43(38,42)8)33-11-18-44(29-46,19-12-33)52-30-49/h11,14,30,32,34,36-39,47H,1,9-10,12-13,15-29H2,2-8H3/t32?,34-,36+,37-,38+,39+,41-,42+,43+,44-,45-/m0/s1. The smallest absolute Gasteiger partial charge is 0.293 e. The average molecular weight is 755 g/mol. The summed E-state index contributed by atoms with van der Waals surface area (Å²) in [6, 6.07) is 0. The van der Waals surface area contributed by atoms with Crippen LogP contribution in [-0.2, 0) is 19.4 Å². The normalized spacial score (nSPS) is 46.3. The van der Waals surface area contributed by atoms with Gasteiger partial charge in [0.2, 0.25) is 0 Å². The van der Waals surface area contributed by atoms with Crippen LogP contribution in [0.15, 0.2) is 35.5 Å². The van der Waals surface area contributed by atoms with Gasteiger partial charge in [0.1, 0.15) is 12.3 Å². The van der Waals surface area contributed by atoms with Gasteiger partial charge in [0.15, 0.2) is 9.84 Å². The van der Waals surface area contributed by atoms with Crippen LogP contribution in [0.1, 0.15) is 126 Å². The number of carbonyl (C=O) groups is 1. The van der Waals surface area contributed by atoms with E-state index in [1.807, 2.05) is 0 Å². The van der Waals surface area contributed by atoms with Crippen LogP contribution in [0.3, 0.4) is 0 Å². The second-order valence-corrected chi connectivity index (χ2v) is 23.0. The topological polar surface area (TPSA) is 75.7 Å². The van der Waals surface area contributed by atoms with Crippen molar-refractivity contribution in [1.82, 2.24) is 10.2 Å². The number of fused-ring (bicyclic) bond motifs is 7. The molecule has 8 heteroatoms. The van der Waals surface area contributed by atoms with Gasteiger partial charge in [-0.15, -0.1) is 0 Å². The maximum absolute atomic E-state index is 14.0. The molecule has 0 aromatic rings. The Morgan fingerprint density at radius 3 is 2.45 bits per heavy atom. The number of rotatable bonds is 9. The van der Waals surface area contributed by atoms with Crippen LogP contribution in [0, 0.1) is 57.2 Å². The predicted molar refractivity (Wildman–Crippen MR) is 213 cm³/mol. The lowest BCUT2D eigenvalue weighted by Crippen LogP contribution is -2.68. The number of alkyl halides is 1. The van der Waals surface area contributed by atoms with Crippen LogP contribution < -0.4 is 5.32 Å². The lowest BCUT2D eigenvalue weighted by Gasteiger charge is -2.72. The SMILES string of the molecule is C=C(C)[C@@H]1CC[C@]2(NCCN3CCS(=O)(=O)CC(C)C3)CC[C@]3(C)[C@H](CC[C@@H]4[C@@]5(C)CC=C(C6=CC[C@](CF)(OC=O)CC6)C(C)(C)[C@@H]5CC[C@]43C)[C@@H]12. The molecule has 1 unspecified atom stereocenters. The first-order chi connectivity index (χ1) is 24.9. The van der Waals surface area contributed by atoms with Crippen LogP contribution >= 0.6 is 0 Å². The van der Waals surface area contributed by atoms with Crippen molar-refractivity contribution in [3.8, 4) is 0 Å². The van der Waals surface area contributed by atoms with Crippen LogP contribution in [0.4, 0.5) is 4.39 Å². The van der Waals surface area contributed by atoms with Crippen LogP contribution in [-0.4, -0.2) is 75.3 Å². The summed E-state index contributed by atoms with van der Waals surface area (Å²) < 4.78 is 44.3. The fraction of sp³-hybridized carbons (Fsp3) is 0.844. The summed E-state index contributed by atoms with van der Waals surface area (Å²) >= 11 is 0. The summed E-state index contributed by atoms with van der Waals surface area (Å²) in [5.41, 5.74) is 4.09.